The van der Waals surface area contributed by atoms with Crippen LogP contribution in [-0.2, 0) is 13.2 Å². The van der Waals surface area contributed by atoms with Gasteiger partial charge >= 0.3 is 11.4 Å². The molecule has 5 aromatic carbocycles. The molecule has 0 saturated heterocycles. The predicted octanol–water partition coefficient (Wildman–Crippen LogP) is 9.01. The second-order valence-electron chi connectivity index (χ2n) is 9.15. The summed E-state index contributed by atoms with van der Waals surface area (Å²) >= 11 is 3.44. The minimum absolute atomic E-state index is 0.0618. The fourth-order valence-electron chi connectivity index (χ4n) is 4.05. The van der Waals surface area contributed by atoms with E-state index in [-0.39, 0.29) is 36.1 Å². The van der Waals surface area contributed by atoms with Gasteiger partial charge in [0.2, 0.25) is 11.5 Å². The highest BCUT2D eigenvalue weighted by Crippen LogP contribution is 2.38. The first kappa shape index (κ1) is 29.1. The molecule has 5 aromatic rings. The van der Waals surface area contributed by atoms with Crippen molar-refractivity contribution >= 4 is 27.3 Å². The third kappa shape index (κ3) is 7.86. The summed E-state index contributed by atoms with van der Waals surface area (Å²) in [6, 6.07) is 32.1. The van der Waals surface area contributed by atoms with Crippen molar-refractivity contribution in [2.24, 2.45) is 0 Å². The maximum Gasteiger partial charge on any atom is 0.311 e. The number of nitro groups is 2. The van der Waals surface area contributed by atoms with E-state index >= 15 is 0 Å². The average molecular weight is 643 g/mol. The van der Waals surface area contributed by atoms with Crippen LogP contribution in [0.4, 0.5) is 11.4 Å². The molecule has 0 atom stereocenters. The van der Waals surface area contributed by atoms with Gasteiger partial charge in [-0.1, -0.05) is 76.6 Å². The van der Waals surface area contributed by atoms with E-state index in [2.05, 4.69) is 15.9 Å². The summed E-state index contributed by atoms with van der Waals surface area (Å²) in [5.74, 6) is 1.48. The minimum atomic E-state index is -0.517. The van der Waals surface area contributed by atoms with Gasteiger partial charge in [0.15, 0.2) is 0 Å². The molecule has 0 aliphatic heterocycles. The van der Waals surface area contributed by atoms with Crippen molar-refractivity contribution in [1.82, 2.24) is 0 Å². The van der Waals surface area contributed by atoms with Crippen LogP contribution in [0, 0.1) is 20.2 Å². The molecule has 43 heavy (non-hydrogen) atoms. The summed E-state index contributed by atoms with van der Waals surface area (Å²) in [4.78, 5) is 22.1. The van der Waals surface area contributed by atoms with Crippen molar-refractivity contribution < 1.29 is 28.8 Å². The fourth-order valence-corrected chi connectivity index (χ4v) is 4.50. The van der Waals surface area contributed by atoms with Crippen LogP contribution in [0.2, 0.25) is 0 Å². The number of hydrogen-bond acceptors (Lipinski definition) is 8. The standard InChI is InChI=1S/C32H23BrN2O8/c33-24-15-27(42-25-11-13-29(34(36)37)31(18-25)40-20-22-7-3-1-4-8-22)17-28(16-24)43-26-12-14-30(35(38)39)32(19-26)41-21-23-9-5-2-6-10-23/h1-19H,20-21H2. The van der Waals surface area contributed by atoms with E-state index in [4.69, 9.17) is 18.9 Å². The van der Waals surface area contributed by atoms with E-state index in [0.717, 1.165) is 11.1 Å². The number of halogens is 1. The van der Waals surface area contributed by atoms with Gasteiger partial charge in [0.05, 0.1) is 9.85 Å². The van der Waals surface area contributed by atoms with Crippen LogP contribution in [0.25, 0.3) is 0 Å². The van der Waals surface area contributed by atoms with E-state index < -0.39 is 9.85 Å². The predicted molar refractivity (Wildman–Crippen MR) is 162 cm³/mol. The van der Waals surface area contributed by atoms with Crippen LogP contribution in [0.3, 0.4) is 0 Å². The summed E-state index contributed by atoms with van der Waals surface area (Å²) in [6.45, 7) is 0.290. The normalized spacial score (nSPS) is 10.5. The Kier molecular flexibility index (Phi) is 9.13. The molecule has 0 heterocycles. The molecule has 0 saturated carbocycles. The zero-order valence-electron chi connectivity index (χ0n) is 22.4. The molecule has 0 aliphatic rings. The van der Waals surface area contributed by atoms with Crippen molar-refractivity contribution in [2.45, 2.75) is 13.2 Å². The van der Waals surface area contributed by atoms with E-state index in [0.29, 0.717) is 27.5 Å². The zero-order valence-corrected chi connectivity index (χ0v) is 24.0. The van der Waals surface area contributed by atoms with Crippen LogP contribution in [0.1, 0.15) is 11.1 Å². The van der Waals surface area contributed by atoms with Gasteiger partial charge in [0, 0.05) is 34.8 Å². The van der Waals surface area contributed by atoms with Gasteiger partial charge in [-0.3, -0.25) is 20.2 Å². The molecule has 0 aromatic heterocycles. The van der Waals surface area contributed by atoms with E-state index in [1.165, 1.54) is 36.4 Å². The maximum absolute atomic E-state index is 11.6. The number of nitrogens with zero attached hydrogens (tertiary/aromatic N) is 2. The minimum Gasteiger partial charge on any atom is -0.482 e. The van der Waals surface area contributed by atoms with Crippen molar-refractivity contribution in [1.29, 1.82) is 0 Å². The third-order valence-electron chi connectivity index (χ3n) is 6.05. The second-order valence-corrected chi connectivity index (χ2v) is 10.1. The van der Waals surface area contributed by atoms with Crippen molar-refractivity contribution in [3.63, 3.8) is 0 Å². The molecule has 216 valence electrons. The van der Waals surface area contributed by atoms with Gasteiger partial charge < -0.3 is 18.9 Å². The van der Waals surface area contributed by atoms with Crippen molar-refractivity contribution in [2.75, 3.05) is 0 Å². The molecule has 0 unspecified atom stereocenters. The van der Waals surface area contributed by atoms with Crippen LogP contribution in [-0.4, -0.2) is 9.85 Å². The summed E-state index contributed by atoms with van der Waals surface area (Å²) in [5.41, 5.74) is 1.34. The Morgan fingerprint density at radius 1 is 0.535 bits per heavy atom. The quantitative estimate of drug-likeness (QED) is 0.0975. The molecule has 0 fully saturated rings. The number of ether oxygens (including phenoxy) is 4. The lowest BCUT2D eigenvalue weighted by atomic mass is 10.2. The Morgan fingerprint density at radius 2 is 0.953 bits per heavy atom. The second kappa shape index (κ2) is 13.5. The molecular weight excluding hydrogens is 620 g/mol. The average Bonchev–Trinajstić information content (AvgIpc) is 2.99. The molecule has 5 rings (SSSR count). The van der Waals surface area contributed by atoms with Crippen molar-refractivity contribution in [3.05, 3.63) is 151 Å². The fraction of sp³-hybridized carbons (Fsp3) is 0.0625. The Balaban J connectivity index is 1.34. The van der Waals surface area contributed by atoms with Crippen LogP contribution in [0.15, 0.2) is 120 Å². The Morgan fingerprint density at radius 3 is 1.35 bits per heavy atom. The van der Waals surface area contributed by atoms with Gasteiger partial charge in [-0.2, -0.15) is 0 Å². The smallest absolute Gasteiger partial charge is 0.311 e. The number of nitro benzene ring substituents is 2. The topological polar surface area (TPSA) is 123 Å². The van der Waals surface area contributed by atoms with Crippen LogP contribution >= 0.6 is 15.9 Å². The Hall–Kier alpha value is -5.42. The molecule has 0 spiro atoms. The summed E-state index contributed by atoms with van der Waals surface area (Å²) in [6.07, 6.45) is 0. The number of rotatable bonds is 12. The molecule has 0 aliphatic carbocycles. The SMILES string of the molecule is O=[N+]([O-])c1ccc(Oc2cc(Br)cc(Oc3ccc([N+](=O)[O-])c(OCc4ccccc4)c3)c2)cc1OCc1ccccc1. The van der Waals surface area contributed by atoms with E-state index in [1.54, 1.807) is 18.2 Å². The molecule has 0 radical (unpaired) electrons. The molecule has 0 amide bonds. The van der Waals surface area contributed by atoms with Gasteiger partial charge in [-0.05, 0) is 35.4 Å². The lowest BCUT2D eigenvalue weighted by molar-refractivity contribution is -0.386. The first-order valence-electron chi connectivity index (χ1n) is 12.9. The number of hydrogen-bond donors (Lipinski definition) is 0. The monoisotopic (exact) mass is 642 g/mol. The van der Waals surface area contributed by atoms with E-state index in [1.807, 2.05) is 60.7 Å². The molecule has 10 nitrogen and oxygen atoms in total. The highest BCUT2D eigenvalue weighted by Gasteiger charge is 2.19. The lowest BCUT2D eigenvalue weighted by Crippen LogP contribution is -2.00. The molecule has 0 bridgehead atoms. The Labute approximate surface area is 254 Å². The molecule has 0 N–H and O–H groups in total. The highest BCUT2D eigenvalue weighted by molar-refractivity contribution is 9.10. The van der Waals surface area contributed by atoms with Crippen LogP contribution in [0.5, 0.6) is 34.5 Å². The maximum atomic E-state index is 11.6. The molecular formula is C32H23BrN2O8. The first-order valence-corrected chi connectivity index (χ1v) is 13.7. The Bertz CT molecular complexity index is 1620. The highest BCUT2D eigenvalue weighted by atomic mass is 79.9. The van der Waals surface area contributed by atoms with Gasteiger partial charge in [-0.25, -0.2) is 0 Å². The number of benzene rings is 5. The zero-order chi connectivity index (χ0) is 30.2. The van der Waals surface area contributed by atoms with Gasteiger partial charge in [0.25, 0.3) is 0 Å². The first-order chi connectivity index (χ1) is 20.8. The van der Waals surface area contributed by atoms with Gasteiger partial charge in [-0.15, -0.1) is 0 Å². The van der Waals surface area contributed by atoms with Gasteiger partial charge in [0.1, 0.15) is 36.2 Å². The molecule has 11 heteroatoms. The third-order valence-corrected chi connectivity index (χ3v) is 6.50. The van der Waals surface area contributed by atoms with E-state index in [9.17, 15) is 20.2 Å². The van der Waals surface area contributed by atoms with Crippen LogP contribution < -0.4 is 18.9 Å². The summed E-state index contributed by atoms with van der Waals surface area (Å²) < 4.78 is 24.1. The summed E-state index contributed by atoms with van der Waals surface area (Å²) in [5, 5.41) is 23.2. The largest absolute Gasteiger partial charge is 0.482 e. The summed E-state index contributed by atoms with van der Waals surface area (Å²) in [7, 11) is 0. The lowest BCUT2D eigenvalue weighted by Gasteiger charge is -2.13. The van der Waals surface area contributed by atoms with Crippen molar-refractivity contribution in [3.8, 4) is 34.5 Å².